The minimum Gasteiger partial charge on any atom is -0.507 e. The van der Waals surface area contributed by atoms with E-state index in [0.29, 0.717) is 18.0 Å². The van der Waals surface area contributed by atoms with Crippen molar-refractivity contribution in [2.75, 3.05) is 13.6 Å². The lowest BCUT2D eigenvalue weighted by Crippen LogP contribution is -2.44. The van der Waals surface area contributed by atoms with Crippen molar-refractivity contribution in [2.45, 2.75) is 18.9 Å². The molecule has 2 rings (SSSR count). The number of carbonyl (C=O) groups excluding carboxylic acids is 2. The van der Waals surface area contributed by atoms with Gasteiger partial charge in [0.15, 0.2) is 0 Å². The Kier molecular flexibility index (Phi) is 3.95. The third-order valence-corrected chi connectivity index (χ3v) is 3.49. The van der Waals surface area contributed by atoms with Crippen molar-refractivity contribution >= 4 is 23.4 Å². The van der Waals surface area contributed by atoms with Gasteiger partial charge in [0.25, 0.3) is 5.91 Å². The summed E-state index contributed by atoms with van der Waals surface area (Å²) in [4.78, 5) is 25.6. The van der Waals surface area contributed by atoms with Crippen molar-refractivity contribution in [2.24, 2.45) is 0 Å². The fraction of sp³-hybridized carbons (Fsp3) is 0.385. The Morgan fingerprint density at radius 1 is 1.47 bits per heavy atom. The summed E-state index contributed by atoms with van der Waals surface area (Å²) in [7, 11) is 1.54. The highest BCUT2D eigenvalue weighted by molar-refractivity contribution is 6.31. The standard InChI is InChI=1S/C13H15ClN2O3/c1-15-12(18)10-3-2-6-16(10)13(19)9-7-8(14)4-5-11(9)17/h4-5,7,10,17H,2-3,6H2,1H3,(H,15,18). The Morgan fingerprint density at radius 2 is 2.21 bits per heavy atom. The number of halogens is 1. The van der Waals surface area contributed by atoms with Crippen LogP contribution >= 0.6 is 11.6 Å². The van der Waals surface area contributed by atoms with Crippen molar-refractivity contribution in [1.82, 2.24) is 10.2 Å². The number of amides is 2. The molecule has 102 valence electrons. The number of benzene rings is 1. The Bertz CT molecular complexity index is 519. The number of rotatable bonds is 2. The summed E-state index contributed by atoms with van der Waals surface area (Å²) in [6, 6.07) is 3.82. The van der Waals surface area contributed by atoms with E-state index in [1.165, 1.54) is 23.1 Å². The molecule has 1 aliphatic heterocycles. The Labute approximate surface area is 116 Å². The van der Waals surface area contributed by atoms with Crippen LogP contribution in [0.15, 0.2) is 18.2 Å². The summed E-state index contributed by atoms with van der Waals surface area (Å²) in [6.45, 7) is 0.503. The topological polar surface area (TPSA) is 69.6 Å². The minimum atomic E-state index is -0.476. The molecule has 0 saturated carbocycles. The average Bonchev–Trinajstić information content (AvgIpc) is 2.89. The first-order chi connectivity index (χ1) is 9.04. The molecular formula is C13H15ClN2O3. The summed E-state index contributed by atoms with van der Waals surface area (Å²) >= 11 is 5.83. The van der Waals surface area contributed by atoms with E-state index in [0.717, 1.165) is 6.42 Å². The van der Waals surface area contributed by atoms with E-state index >= 15 is 0 Å². The van der Waals surface area contributed by atoms with E-state index in [4.69, 9.17) is 11.6 Å². The lowest BCUT2D eigenvalue weighted by molar-refractivity contribution is -0.124. The van der Waals surface area contributed by atoms with Crippen LogP contribution in [0.5, 0.6) is 5.75 Å². The number of phenols is 1. The van der Waals surface area contributed by atoms with E-state index in [-0.39, 0.29) is 23.1 Å². The molecule has 0 aliphatic carbocycles. The van der Waals surface area contributed by atoms with Crippen molar-refractivity contribution in [3.8, 4) is 5.75 Å². The number of hydrogen-bond acceptors (Lipinski definition) is 3. The molecule has 2 N–H and O–H groups in total. The highest BCUT2D eigenvalue weighted by Crippen LogP contribution is 2.26. The van der Waals surface area contributed by atoms with Crippen LogP contribution in [0.25, 0.3) is 0 Å². The molecule has 1 fully saturated rings. The number of hydrogen-bond donors (Lipinski definition) is 2. The van der Waals surface area contributed by atoms with E-state index in [2.05, 4.69) is 5.32 Å². The summed E-state index contributed by atoms with van der Waals surface area (Å²) in [5.41, 5.74) is 0.128. The van der Waals surface area contributed by atoms with Gasteiger partial charge in [-0.25, -0.2) is 0 Å². The van der Waals surface area contributed by atoms with Crippen LogP contribution in [0, 0.1) is 0 Å². The predicted molar refractivity (Wildman–Crippen MR) is 71.2 cm³/mol. The van der Waals surface area contributed by atoms with Crippen LogP contribution in [-0.2, 0) is 4.79 Å². The van der Waals surface area contributed by atoms with Gasteiger partial charge in [0, 0.05) is 18.6 Å². The van der Waals surface area contributed by atoms with E-state index in [1.54, 1.807) is 7.05 Å². The molecule has 0 spiro atoms. The van der Waals surface area contributed by atoms with E-state index in [1.807, 2.05) is 0 Å². The lowest BCUT2D eigenvalue weighted by atomic mass is 10.1. The van der Waals surface area contributed by atoms with Gasteiger partial charge in [-0.15, -0.1) is 0 Å². The van der Waals surface area contributed by atoms with Gasteiger partial charge in [-0.3, -0.25) is 9.59 Å². The maximum atomic E-state index is 12.4. The molecule has 1 atom stereocenters. The quantitative estimate of drug-likeness (QED) is 0.861. The molecule has 5 nitrogen and oxygen atoms in total. The first-order valence-corrected chi connectivity index (χ1v) is 6.43. The number of carbonyl (C=O) groups is 2. The Hall–Kier alpha value is -1.75. The first-order valence-electron chi connectivity index (χ1n) is 6.05. The van der Waals surface area contributed by atoms with Crippen LogP contribution in [-0.4, -0.2) is 41.5 Å². The van der Waals surface area contributed by atoms with Gasteiger partial charge in [-0.2, -0.15) is 0 Å². The molecule has 0 aromatic heterocycles. The molecule has 19 heavy (non-hydrogen) atoms. The van der Waals surface area contributed by atoms with Gasteiger partial charge in [0.1, 0.15) is 11.8 Å². The number of likely N-dealkylation sites (N-methyl/N-ethyl adjacent to an activating group) is 1. The highest BCUT2D eigenvalue weighted by atomic mass is 35.5. The second-order valence-corrected chi connectivity index (χ2v) is 4.87. The molecule has 0 bridgehead atoms. The third kappa shape index (κ3) is 2.66. The van der Waals surface area contributed by atoms with Gasteiger partial charge in [-0.05, 0) is 31.0 Å². The molecule has 1 unspecified atom stereocenters. The normalized spacial score (nSPS) is 18.4. The SMILES string of the molecule is CNC(=O)C1CCCN1C(=O)c1cc(Cl)ccc1O. The van der Waals surface area contributed by atoms with E-state index < -0.39 is 6.04 Å². The van der Waals surface area contributed by atoms with Gasteiger partial charge in [0.2, 0.25) is 5.91 Å². The van der Waals surface area contributed by atoms with Crippen molar-refractivity contribution in [3.05, 3.63) is 28.8 Å². The van der Waals surface area contributed by atoms with Gasteiger partial charge < -0.3 is 15.3 Å². The summed E-state index contributed by atoms with van der Waals surface area (Å²) in [5, 5.41) is 12.7. The van der Waals surface area contributed by atoms with Crippen LogP contribution in [0.4, 0.5) is 0 Å². The molecule has 6 heteroatoms. The van der Waals surface area contributed by atoms with Gasteiger partial charge in [-0.1, -0.05) is 11.6 Å². The van der Waals surface area contributed by atoms with Gasteiger partial charge in [0.05, 0.1) is 5.56 Å². The highest BCUT2D eigenvalue weighted by Gasteiger charge is 2.34. The zero-order valence-corrected chi connectivity index (χ0v) is 11.3. The van der Waals surface area contributed by atoms with Crippen LogP contribution in [0.1, 0.15) is 23.2 Å². The number of nitrogens with zero attached hydrogens (tertiary/aromatic N) is 1. The molecule has 1 saturated heterocycles. The minimum absolute atomic E-state index is 0.128. The zero-order valence-electron chi connectivity index (χ0n) is 10.5. The third-order valence-electron chi connectivity index (χ3n) is 3.25. The Balaban J connectivity index is 2.28. The number of likely N-dealkylation sites (tertiary alicyclic amines) is 1. The zero-order chi connectivity index (χ0) is 14.0. The smallest absolute Gasteiger partial charge is 0.258 e. The fourth-order valence-electron chi connectivity index (χ4n) is 2.28. The molecule has 1 aromatic rings. The fourth-order valence-corrected chi connectivity index (χ4v) is 2.46. The largest absolute Gasteiger partial charge is 0.507 e. The average molecular weight is 283 g/mol. The predicted octanol–water partition coefficient (Wildman–Crippen LogP) is 1.40. The van der Waals surface area contributed by atoms with Crippen LogP contribution < -0.4 is 5.32 Å². The number of phenolic OH excluding ortho intramolecular Hbond substituents is 1. The molecule has 1 aromatic carbocycles. The maximum Gasteiger partial charge on any atom is 0.258 e. The second-order valence-electron chi connectivity index (χ2n) is 4.43. The molecule has 0 radical (unpaired) electrons. The van der Waals surface area contributed by atoms with Gasteiger partial charge >= 0.3 is 0 Å². The first kappa shape index (κ1) is 13.7. The Morgan fingerprint density at radius 3 is 2.89 bits per heavy atom. The van der Waals surface area contributed by atoms with Crippen molar-refractivity contribution in [3.63, 3.8) is 0 Å². The number of nitrogens with one attached hydrogen (secondary N) is 1. The monoisotopic (exact) mass is 282 g/mol. The second kappa shape index (κ2) is 5.48. The summed E-state index contributed by atoms with van der Waals surface area (Å²) < 4.78 is 0. The van der Waals surface area contributed by atoms with Crippen molar-refractivity contribution in [1.29, 1.82) is 0 Å². The molecule has 1 heterocycles. The maximum absolute atomic E-state index is 12.4. The molecular weight excluding hydrogens is 268 g/mol. The number of aromatic hydroxyl groups is 1. The van der Waals surface area contributed by atoms with Crippen molar-refractivity contribution < 1.29 is 14.7 Å². The molecule has 2 amide bonds. The summed E-state index contributed by atoms with van der Waals surface area (Å²) in [6.07, 6.45) is 1.40. The van der Waals surface area contributed by atoms with Crippen LogP contribution in [0.2, 0.25) is 5.02 Å². The lowest BCUT2D eigenvalue weighted by Gasteiger charge is -2.23. The van der Waals surface area contributed by atoms with E-state index in [9.17, 15) is 14.7 Å². The summed E-state index contributed by atoms with van der Waals surface area (Å²) in [5.74, 6) is -0.685. The molecule has 1 aliphatic rings. The van der Waals surface area contributed by atoms with Crippen LogP contribution in [0.3, 0.4) is 0 Å².